The van der Waals surface area contributed by atoms with E-state index in [2.05, 4.69) is 10.2 Å². The molecular formula is C18H30IN3O2. The number of guanidine groups is 1. The maximum atomic E-state index is 9.84. The van der Waals surface area contributed by atoms with E-state index in [1.54, 1.807) is 6.26 Å². The molecule has 2 fully saturated rings. The zero-order valence-electron chi connectivity index (χ0n) is 14.5. The predicted octanol–water partition coefficient (Wildman–Crippen LogP) is 3.03. The minimum absolute atomic E-state index is 0. The molecule has 1 saturated carbocycles. The molecule has 1 saturated heterocycles. The summed E-state index contributed by atoms with van der Waals surface area (Å²) < 4.78 is 5.39. The fraction of sp³-hybridized carbons (Fsp3) is 0.722. The Morgan fingerprint density at radius 2 is 2.21 bits per heavy atom. The van der Waals surface area contributed by atoms with Crippen LogP contribution in [0.5, 0.6) is 0 Å². The summed E-state index contributed by atoms with van der Waals surface area (Å²) in [6.07, 6.45) is 8.45. The molecule has 2 heterocycles. The Balaban J connectivity index is 0.00000208. The van der Waals surface area contributed by atoms with E-state index < -0.39 is 0 Å². The molecule has 136 valence electrons. The van der Waals surface area contributed by atoms with Crippen molar-refractivity contribution in [2.75, 3.05) is 19.6 Å². The number of nitrogens with one attached hydrogen (secondary N) is 1. The van der Waals surface area contributed by atoms with Gasteiger partial charge in [-0.1, -0.05) is 12.8 Å². The average Bonchev–Trinajstić information content (AvgIpc) is 3.28. The van der Waals surface area contributed by atoms with Crippen molar-refractivity contribution in [1.82, 2.24) is 10.2 Å². The molecule has 2 atom stereocenters. The molecule has 0 radical (unpaired) electrons. The molecule has 0 bridgehead atoms. The third-order valence-electron chi connectivity index (χ3n) is 5.09. The summed E-state index contributed by atoms with van der Waals surface area (Å²) in [4.78, 5) is 7.15. The monoisotopic (exact) mass is 447 g/mol. The lowest BCUT2D eigenvalue weighted by molar-refractivity contribution is 0.132. The molecule has 0 aromatic carbocycles. The molecule has 0 spiro atoms. The van der Waals surface area contributed by atoms with E-state index in [0.717, 1.165) is 44.2 Å². The lowest BCUT2D eigenvalue weighted by Crippen LogP contribution is -2.44. The molecule has 1 aliphatic heterocycles. The summed E-state index contributed by atoms with van der Waals surface area (Å²) in [6, 6.07) is 4.48. The topological polar surface area (TPSA) is 61.0 Å². The third-order valence-corrected chi connectivity index (χ3v) is 5.09. The van der Waals surface area contributed by atoms with Crippen LogP contribution in [0, 0.1) is 5.92 Å². The molecule has 0 amide bonds. The average molecular weight is 447 g/mol. The zero-order valence-corrected chi connectivity index (χ0v) is 16.8. The van der Waals surface area contributed by atoms with Crippen LogP contribution >= 0.6 is 24.0 Å². The highest BCUT2D eigenvalue weighted by molar-refractivity contribution is 14.0. The first-order valence-electron chi connectivity index (χ1n) is 8.99. The fourth-order valence-electron chi connectivity index (χ4n) is 3.59. The van der Waals surface area contributed by atoms with Crippen LogP contribution in [0.1, 0.15) is 44.8 Å². The van der Waals surface area contributed by atoms with Crippen molar-refractivity contribution in [3.8, 4) is 0 Å². The summed E-state index contributed by atoms with van der Waals surface area (Å²) >= 11 is 0. The number of hydrogen-bond acceptors (Lipinski definition) is 3. The molecule has 24 heavy (non-hydrogen) atoms. The number of aliphatic hydroxyl groups excluding tert-OH is 1. The number of aliphatic imine (C=N–C) groups is 1. The van der Waals surface area contributed by atoms with E-state index in [9.17, 15) is 5.11 Å². The Kier molecular flexibility index (Phi) is 7.87. The Morgan fingerprint density at radius 1 is 1.42 bits per heavy atom. The molecule has 3 rings (SSSR count). The van der Waals surface area contributed by atoms with Gasteiger partial charge < -0.3 is 19.7 Å². The third kappa shape index (κ3) is 5.37. The minimum atomic E-state index is -0.240. The van der Waals surface area contributed by atoms with Crippen LogP contribution in [-0.4, -0.2) is 47.7 Å². The van der Waals surface area contributed by atoms with Crippen LogP contribution in [0.15, 0.2) is 27.8 Å². The second-order valence-electron chi connectivity index (χ2n) is 6.90. The van der Waals surface area contributed by atoms with Crippen LogP contribution in [0.3, 0.4) is 0 Å². The second-order valence-corrected chi connectivity index (χ2v) is 6.90. The molecule has 1 aromatic rings. The number of halogens is 1. The van der Waals surface area contributed by atoms with Gasteiger partial charge in [-0.2, -0.15) is 0 Å². The van der Waals surface area contributed by atoms with Gasteiger partial charge >= 0.3 is 0 Å². The van der Waals surface area contributed by atoms with Crippen LogP contribution in [0.4, 0.5) is 0 Å². The zero-order chi connectivity index (χ0) is 16.1. The number of furan rings is 1. The molecular weight excluding hydrogens is 417 g/mol. The molecule has 2 aliphatic rings. The largest absolute Gasteiger partial charge is 0.469 e. The Labute approximate surface area is 161 Å². The first-order valence-corrected chi connectivity index (χ1v) is 8.99. The Morgan fingerprint density at radius 3 is 2.83 bits per heavy atom. The van der Waals surface area contributed by atoms with E-state index in [1.165, 1.54) is 25.7 Å². The quantitative estimate of drug-likeness (QED) is 0.414. The summed E-state index contributed by atoms with van der Waals surface area (Å²) in [5.74, 6) is 2.36. The second kappa shape index (κ2) is 9.65. The number of rotatable bonds is 5. The predicted molar refractivity (Wildman–Crippen MR) is 107 cm³/mol. The van der Waals surface area contributed by atoms with Crippen molar-refractivity contribution >= 4 is 29.9 Å². The van der Waals surface area contributed by atoms with Crippen molar-refractivity contribution < 1.29 is 9.52 Å². The van der Waals surface area contributed by atoms with Crippen LogP contribution in [0.2, 0.25) is 0 Å². The van der Waals surface area contributed by atoms with Gasteiger partial charge in [-0.15, -0.1) is 24.0 Å². The normalized spacial score (nSPS) is 23.3. The molecule has 2 unspecified atom stereocenters. The van der Waals surface area contributed by atoms with Crippen LogP contribution in [0.25, 0.3) is 0 Å². The van der Waals surface area contributed by atoms with Crippen molar-refractivity contribution in [2.45, 2.75) is 57.6 Å². The van der Waals surface area contributed by atoms with E-state index in [1.807, 2.05) is 19.1 Å². The number of likely N-dealkylation sites (tertiary alicyclic amines) is 1. The highest BCUT2D eigenvalue weighted by Crippen LogP contribution is 2.22. The number of aliphatic hydroxyl groups is 1. The van der Waals surface area contributed by atoms with Gasteiger partial charge in [0.05, 0.1) is 12.4 Å². The van der Waals surface area contributed by atoms with E-state index in [-0.39, 0.29) is 30.1 Å². The van der Waals surface area contributed by atoms with Gasteiger partial charge in [0.15, 0.2) is 5.96 Å². The lowest BCUT2D eigenvalue weighted by Gasteiger charge is -2.25. The summed E-state index contributed by atoms with van der Waals surface area (Å²) in [5, 5.41) is 13.5. The minimum Gasteiger partial charge on any atom is -0.469 e. The van der Waals surface area contributed by atoms with Crippen molar-refractivity contribution in [3.05, 3.63) is 24.2 Å². The molecule has 6 heteroatoms. The van der Waals surface area contributed by atoms with Gasteiger partial charge in [0.1, 0.15) is 5.76 Å². The maximum absolute atomic E-state index is 9.84. The highest BCUT2D eigenvalue weighted by Gasteiger charge is 2.29. The van der Waals surface area contributed by atoms with Gasteiger partial charge in [0, 0.05) is 38.0 Å². The summed E-state index contributed by atoms with van der Waals surface area (Å²) in [6.45, 7) is 4.51. The van der Waals surface area contributed by atoms with Gasteiger partial charge in [0.2, 0.25) is 0 Å². The first-order chi connectivity index (χ1) is 11.2. The standard InChI is InChI=1S/C18H29N3O2.HI/c1-14(22)15-9-11-21(13-15)18(20-16-5-2-3-6-16)19-10-8-17-7-4-12-23-17;/h4,7,12,14-16,22H,2-3,5-6,8-11,13H2,1H3,(H,19,20);1H. The highest BCUT2D eigenvalue weighted by atomic mass is 127. The van der Waals surface area contributed by atoms with Gasteiger partial charge in [-0.25, -0.2) is 0 Å². The lowest BCUT2D eigenvalue weighted by atomic mass is 10.0. The molecule has 2 N–H and O–H groups in total. The van der Waals surface area contributed by atoms with Crippen LogP contribution < -0.4 is 5.32 Å². The van der Waals surface area contributed by atoms with Crippen LogP contribution in [-0.2, 0) is 6.42 Å². The van der Waals surface area contributed by atoms with E-state index in [4.69, 9.17) is 9.41 Å². The summed E-state index contributed by atoms with van der Waals surface area (Å²) in [7, 11) is 0. The SMILES string of the molecule is CC(O)C1CCN(C(=NCCc2ccco2)NC2CCCC2)C1.I. The van der Waals surface area contributed by atoms with E-state index >= 15 is 0 Å². The molecule has 1 aromatic heterocycles. The molecule has 1 aliphatic carbocycles. The smallest absolute Gasteiger partial charge is 0.194 e. The van der Waals surface area contributed by atoms with Crippen molar-refractivity contribution in [1.29, 1.82) is 0 Å². The molecule has 5 nitrogen and oxygen atoms in total. The summed E-state index contributed by atoms with van der Waals surface area (Å²) in [5.41, 5.74) is 0. The Hall–Kier alpha value is -0.760. The van der Waals surface area contributed by atoms with Crippen molar-refractivity contribution in [2.24, 2.45) is 10.9 Å². The number of hydrogen-bond donors (Lipinski definition) is 2. The Bertz CT molecular complexity index is 498. The first kappa shape index (κ1) is 19.6. The van der Waals surface area contributed by atoms with Gasteiger partial charge in [-0.3, -0.25) is 4.99 Å². The van der Waals surface area contributed by atoms with E-state index in [0.29, 0.717) is 12.0 Å². The van der Waals surface area contributed by atoms with Gasteiger partial charge in [0.25, 0.3) is 0 Å². The van der Waals surface area contributed by atoms with Crippen molar-refractivity contribution in [3.63, 3.8) is 0 Å². The number of nitrogens with zero attached hydrogens (tertiary/aromatic N) is 2. The maximum Gasteiger partial charge on any atom is 0.194 e. The fourth-order valence-corrected chi connectivity index (χ4v) is 3.59. The van der Waals surface area contributed by atoms with Gasteiger partial charge in [-0.05, 0) is 38.3 Å².